The Labute approximate surface area is 118 Å². The van der Waals surface area contributed by atoms with Crippen LogP contribution in [-0.4, -0.2) is 9.78 Å². The second-order valence-corrected chi connectivity index (χ2v) is 5.29. The predicted molar refractivity (Wildman–Crippen MR) is 76.5 cm³/mol. The molecule has 0 aliphatic carbocycles. The summed E-state index contributed by atoms with van der Waals surface area (Å²) in [6, 6.07) is 5.79. The van der Waals surface area contributed by atoms with Crippen molar-refractivity contribution in [2.75, 3.05) is 0 Å². The van der Waals surface area contributed by atoms with Crippen LogP contribution in [0.2, 0.25) is 5.02 Å². The third-order valence-electron chi connectivity index (χ3n) is 2.50. The predicted octanol–water partition coefficient (Wildman–Crippen LogP) is 2.23. The largest absolute Gasteiger partial charge is 0.275 e. The molecule has 6 heteroatoms. The van der Waals surface area contributed by atoms with Gasteiger partial charge in [0, 0.05) is 22.4 Å². The fraction of sp³-hybridized carbons (Fsp3) is 0.182. The first-order valence-corrected chi connectivity index (χ1v) is 6.47. The summed E-state index contributed by atoms with van der Waals surface area (Å²) in [5.41, 5.74) is 4.81. The summed E-state index contributed by atoms with van der Waals surface area (Å²) in [6.07, 6.45) is 3.72. The summed E-state index contributed by atoms with van der Waals surface area (Å²) in [7, 11) is 1.87. The van der Waals surface area contributed by atoms with E-state index in [2.05, 4.69) is 33.1 Å². The Balaban J connectivity index is 2.38. The maximum Gasteiger partial charge on any atom is 0.0741 e. The maximum absolute atomic E-state index is 6.11. The molecule has 2 rings (SSSR count). The third kappa shape index (κ3) is 2.79. The fourth-order valence-corrected chi connectivity index (χ4v) is 2.19. The minimum Gasteiger partial charge on any atom is -0.275 e. The molecule has 2 aromatic rings. The van der Waals surface area contributed by atoms with Crippen molar-refractivity contribution in [3.05, 3.63) is 50.3 Å². The van der Waals surface area contributed by atoms with Gasteiger partial charge in [-0.25, -0.2) is 5.43 Å². The topological polar surface area (TPSA) is 55.9 Å². The number of nitrogens with two attached hydrogens (primary N) is 1. The standard InChI is InChI=1S/C11H12ClIN4/c1-17-6-8(5-15-17)11(16-14)7-2-3-10(13)9(12)4-7/h2-6,11,16H,14H2,1H3. The van der Waals surface area contributed by atoms with Crippen molar-refractivity contribution in [1.29, 1.82) is 0 Å². The molecule has 1 unspecified atom stereocenters. The van der Waals surface area contributed by atoms with Crippen LogP contribution < -0.4 is 11.3 Å². The van der Waals surface area contributed by atoms with Crippen molar-refractivity contribution < 1.29 is 0 Å². The van der Waals surface area contributed by atoms with E-state index < -0.39 is 0 Å². The zero-order chi connectivity index (χ0) is 12.4. The van der Waals surface area contributed by atoms with E-state index in [9.17, 15) is 0 Å². The monoisotopic (exact) mass is 362 g/mol. The minimum atomic E-state index is -0.0989. The van der Waals surface area contributed by atoms with E-state index >= 15 is 0 Å². The quantitative estimate of drug-likeness (QED) is 0.500. The highest BCUT2D eigenvalue weighted by atomic mass is 127. The average Bonchev–Trinajstić information content (AvgIpc) is 2.71. The van der Waals surface area contributed by atoms with Crippen molar-refractivity contribution in [3.63, 3.8) is 0 Å². The number of nitrogens with one attached hydrogen (secondary N) is 1. The Morgan fingerprint density at radius 2 is 2.24 bits per heavy atom. The number of aromatic nitrogens is 2. The molecule has 0 bridgehead atoms. The molecule has 1 aromatic heterocycles. The zero-order valence-electron chi connectivity index (χ0n) is 9.19. The third-order valence-corrected chi connectivity index (χ3v) is 4.07. The normalized spacial score (nSPS) is 12.7. The van der Waals surface area contributed by atoms with Crippen LogP contribution in [0.5, 0.6) is 0 Å². The van der Waals surface area contributed by atoms with Crippen LogP contribution in [0.3, 0.4) is 0 Å². The van der Waals surface area contributed by atoms with Gasteiger partial charge < -0.3 is 0 Å². The number of aryl methyl sites for hydroxylation is 1. The molecular formula is C11H12ClIN4. The number of halogens is 2. The van der Waals surface area contributed by atoms with Gasteiger partial charge >= 0.3 is 0 Å². The number of nitrogens with zero attached hydrogens (tertiary/aromatic N) is 2. The second-order valence-electron chi connectivity index (χ2n) is 3.72. The fourth-order valence-electron chi connectivity index (χ4n) is 1.67. The minimum absolute atomic E-state index is 0.0989. The van der Waals surface area contributed by atoms with E-state index in [1.165, 1.54) is 0 Å². The molecular weight excluding hydrogens is 351 g/mol. The molecule has 0 amide bonds. The summed E-state index contributed by atoms with van der Waals surface area (Å²) in [5.74, 6) is 5.60. The Hall–Kier alpha value is -0.630. The van der Waals surface area contributed by atoms with E-state index in [0.29, 0.717) is 0 Å². The summed E-state index contributed by atoms with van der Waals surface area (Å²) in [5, 5.41) is 4.87. The van der Waals surface area contributed by atoms with Crippen LogP contribution in [0, 0.1) is 3.57 Å². The molecule has 4 nitrogen and oxygen atoms in total. The van der Waals surface area contributed by atoms with E-state index in [4.69, 9.17) is 17.4 Å². The highest BCUT2D eigenvalue weighted by Crippen LogP contribution is 2.26. The first kappa shape index (κ1) is 12.8. The summed E-state index contributed by atoms with van der Waals surface area (Å²) < 4.78 is 2.77. The Kier molecular flexibility index (Phi) is 4.03. The van der Waals surface area contributed by atoms with Gasteiger partial charge in [-0.05, 0) is 40.3 Å². The van der Waals surface area contributed by atoms with Crippen LogP contribution in [0.4, 0.5) is 0 Å². The van der Waals surface area contributed by atoms with Gasteiger partial charge in [0.15, 0.2) is 0 Å². The van der Waals surface area contributed by atoms with E-state index in [-0.39, 0.29) is 6.04 Å². The van der Waals surface area contributed by atoms with E-state index in [1.807, 2.05) is 31.4 Å². The average molecular weight is 363 g/mol. The van der Waals surface area contributed by atoms with Gasteiger partial charge in [-0.3, -0.25) is 10.5 Å². The summed E-state index contributed by atoms with van der Waals surface area (Å²) in [6.45, 7) is 0. The lowest BCUT2D eigenvalue weighted by molar-refractivity contribution is 0.636. The van der Waals surface area contributed by atoms with Crippen LogP contribution in [0.15, 0.2) is 30.6 Å². The lowest BCUT2D eigenvalue weighted by atomic mass is 10.0. The molecule has 0 aliphatic heterocycles. The highest BCUT2D eigenvalue weighted by molar-refractivity contribution is 14.1. The molecule has 0 fully saturated rings. The van der Waals surface area contributed by atoms with Crippen LogP contribution in [0.25, 0.3) is 0 Å². The summed E-state index contributed by atoms with van der Waals surface area (Å²) in [4.78, 5) is 0. The Bertz CT molecular complexity index is 526. The van der Waals surface area contributed by atoms with Gasteiger partial charge in [0.05, 0.1) is 17.3 Å². The molecule has 1 atom stereocenters. The number of benzene rings is 1. The second kappa shape index (κ2) is 5.34. The van der Waals surface area contributed by atoms with Crippen molar-refractivity contribution in [3.8, 4) is 0 Å². The Morgan fingerprint density at radius 1 is 1.47 bits per heavy atom. The molecule has 17 heavy (non-hydrogen) atoms. The number of hydrazine groups is 1. The Morgan fingerprint density at radius 3 is 2.76 bits per heavy atom. The van der Waals surface area contributed by atoms with Gasteiger partial charge in [0.1, 0.15) is 0 Å². The van der Waals surface area contributed by atoms with Crippen LogP contribution in [0.1, 0.15) is 17.2 Å². The number of rotatable bonds is 3. The smallest absolute Gasteiger partial charge is 0.0741 e. The van der Waals surface area contributed by atoms with Gasteiger partial charge in [0.2, 0.25) is 0 Å². The SMILES string of the molecule is Cn1cc(C(NN)c2ccc(I)c(Cl)c2)cn1. The van der Waals surface area contributed by atoms with Gasteiger partial charge in [-0.2, -0.15) is 5.10 Å². The lowest BCUT2D eigenvalue weighted by Gasteiger charge is -2.15. The molecule has 0 saturated carbocycles. The molecule has 3 N–H and O–H groups in total. The zero-order valence-corrected chi connectivity index (χ0v) is 12.1. The van der Waals surface area contributed by atoms with Crippen molar-refractivity contribution in [1.82, 2.24) is 15.2 Å². The molecule has 0 spiro atoms. The summed E-state index contributed by atoms with van der Waals surface area (Å²) >= 11 is 8.31. The molecule has 0 radical (unpaired) electrons. The van der Waals surface area contributed by atoms with Crippen LogP contribution >= 0.6 is 34.2 Å². The molecule has 1 aromatic carbocycles. The lowest BCUT2D eigenvalue weighted by Crippen LogP contribution is -2.28. The number of hydrogen-bond acceptors (Lipinski definition) is 3. The van der Waals surface area contributed by atoms with Gasteiger partial charge in [-0.1, -0.05) is 17.7 Å². The maximum atomic E-state index is 6.11. The first-order chi connectivity index (χ1) is 8.11. The molecule has 0 aliphatic rings. The number of hydrogen-bond donors (Lipinski definition) is 2. The van der Waals surface area contributed by atoms with Crippen LogP contribution in [-0.2, 0) is 7.05 Å². The van der Waals surface area contributed by atoms with Crippen molar-refractivity contribution in [2.45, 2.75) is 6.04 Å². The van der Waals surface area contributed by atoms with E-state index in [0.717, 1.165) is 19.7 Å². The van der Waals surface area contributed by atoms with E-state index in [1.54, 1.807) is 10.9 Å². The van der Waals surface area contributed by atoms with Gasteiger partial charge in [-0.15, -0.1) is 0 Å². The highest BCUT2D eigenvalue weighted by Gasteiger charge is 2.14. The van der Waals surface area contributed by atoms with Crippen molar-refractivity contribution >= 4 is 34.2 Å². The van der Waals surface area contributed by atoms with Gasteiger partial charge in [0.25, 0.3) is 0 Å². The molecule has 0 saturated heterocycles. The van der Waals surface area contributed by atoms with Crippen molar-refractivity contribution in [2.24, 2.45) is 12.9 Å². The molecule has 1 heterocycles. The molecule has 90 valence electrons. The first-order valence-electron chi connectivity index (χ1n) is 5.01.